The van der Waals surface area contributed by atoms with E-state index in [1.165, 1.54) is 0 Å². The van der Waals surface area contributed by atoms with Crippen LogP contribution in [0.25, 0.3) is 21.7 Å². The fourth-order valence-corrected chi connectivity index (χ4v) is 3.79. The van der Waals surface area contributed by atoms with Gasteiger partial charge in [-0.3, -0.25) is 0 Å². The fraction of sp³-hybridized carbons (Fsp3) is 0.136. The lowest BCUT2D eigenvalue weighted by atomic mass is 9.91. The number of ether oxygens (including phenoxy) is 1. The fourth-order valence-electron chi connectivity index (χ4n) is 3.79. The van der Waals surface area contributed by atoms with Crippen molar-refractivity contribution in [2.75, 3.05) is 0 Å². The molecular formula is C22H16O3. The molecule has 0 amide bonds. The summed E-state index contributed by atoms with van der Waals surface area (Å²) in [5.41, 5.74) is 1.37. The minimum atomic E-state index is -0.566. The first-order valence-corrected chi connectivity index (χ1v) is 8.38. The summed E-state index contributed by atoms with van der Waals surface area (Å²) in [7, 11) is 0. The van der Waals surface area contributed by atoms with Crippen molar-refractivity contribution in [1.82, 2.24) is 0 Å². The summed E-state index contributed by atoms with van der Waals surface area (Å²) in [5.74, 6) is 0.661. The van der Waals surface area contributed by atoms with Gasteiger partial charge < -0.3 is 9.15 Å². The topological polar surface area (TPSA) is 39.4 Å². The largest absolute Gasteiger partial charge is 0.481 e. The second-order valence-electron chi connectivity index (χ2n) is 6.73. The monoisotopic (exact) mass is 328 g/mol. The van der Waals surface area contributed by atoms with E-state index in [1.807, 2.05) is 67.6 Å². The van der Waals surface area contributed by atoms with E-state index in [9.17, 15) is 4.79 Å². The molecule has 5 rings (SSSR count). The molecule has 0 radical (unpaired) electrons. The average Bonchev–Trinajstić information content (AvgIpc) is 3.02. The van der Waals surface area contributed by atoms with Gasteiger partial charge in [0.15, 0.2) is 0 Å². The molecule has 0 saturated carbocycles. The molecule has 1 atom stereocenters. The second-order valence-corrected chi connectivity index (χ2v) is 6.73. The Labute approximate surface area is 144 Å². The Balaban J connectivity index is 1.82. The van der Waals surface area contributed by atoms with Gasteiger partial charge in [-0.15, -0.1) is 0 Å². The van der Waals surface area contributed by atoms with Crippen LogP contribution in [-0.4, -0.2) is 0 Å². The lowest BCUT2D eigenvalue weighted by Crippen LogP contribution is -2.27. The van der Waals surface area contributed by atoms with Gasteiger partial charge in [-0.1, -0.05) is 60.7 Å². The third-order valence-electron chi connectivity index (χ3n) is 5.07. The smallest absolute Gasteiger partial charge is 0.343 e. The summed E-state index contributed by atoms with van der Waals surface area (Å²) in [6.45, 7) is 2.03. The quantitative estimate of drug-likeness (QED) is 0.372. The molecule has 4 aromatic rings. The first-order valence-electron chi connectivity index (χ1n) is 8.38. The summed E-state index contributed by atoms with van der Waals surface area (Å²) < 4.78 is 12.0. The Morgan fingerprint density at radius 3 is 2.52 bits per heavy atom. The Morgan fingerprint density at radius 2 is 1.68 bits per heavy atom. The molecule has 3 heteroatoms. The summed E-state index contributed by atoms with van der Waals surface area (Å²) in [4.78, 5) is 12.5. The molecule has 0 saturated heterocycles. The van der Waals surface area contributed by atoms with Gasteiger partial charge in [-0.25, -0.2) is 4.79 Å². The first kappa shape index (κ1) is 14.3. The van der Waals surface area contributed by atoms with Crippen molar-refractivity contribution in [3.05, 3.63) is 88.3 Å². The van der Waals surface area contributed by atoms with Gasteiger partial charge in [0.1, 0.15) is 16.9 Å². The van der Waals surface area contributed by atoms with Gasteiger partial charge in [-0.2, -0.15) is 0 Å². The summed E-state index contributed by atoms with van der Waals surface area (Å²) in [5, 5.41) is 3.02. The molecule has 0 aliphatic carbocycles. The number of hydrogen-bond acceptors (Lipinski definition) is 3. The van der Waals surface area contributed by atoms with Crippen molar-refractivity contribution in [2.24, 2.45) is 0 Å². The van der Waals surface area contributed by atoms with Crippen LogP contribution < -0.4 is 10.4 Å². The number of benzene rings is 3. The second kappa shape index (κ2) is 4.96. The lowest BCUT2D eigenvalue weighted by molar-refractivity contribution is 0.117. The summed E-state index contributed by atoms with van der Waals surface area (Å²) in [6, 6.07) is 21.9. The van der Waals surface area contributed by atoms with E-state index in [4.69, 9.17) is 9.15 Å². The third kappa shape index (κ3) is 2.02. The van der Waals surface area contributed by atoms with E-state index >= 15 is 0 Å². The van der Waals surface area contributed by atoms with Crippen molar-refractivity contribution in [3.8, 4) is 5.75 Å². The van der Waals surface area contributed by atoms with Gasteiger partial charge in [-0.05, 0) is 29.3 Å². The van der Waals surface area contributed by atoms with Crippen LogP contribution in [0.4, 0.5) is 0 Å². The van der Waals surface area contributed by atoms with Crippen molar-refractivity contribution in [1.29, 1.82) is 0 Å². The Bertz CT molecular complexity index is 1170. The number of rotatable bonds is 1. The van der Waals surface area contributed by atoms with E-state index in [1.54, 1.807) is 0 Å². The highest BCUT2D eigenvalue weighted by Crippen LogP contribution is 2.45. The van der Waals surface area contributed by atoms with Gasteiger partial charge in [0, 0.05) is 6.42 Å². The van der Waals surface area contributed by atoms with Crippen molar-refractivity contribution < 1.29 is 9.15 Å². The predicted octanol–water partition coefficient (Wildman–Crippen LogP) is 4.80. The molecule has 3 aromatic carbocycles. The van der Waals surface area contributed by atoms with E-state index in [-0.39, 0.29) is 5.63 Å². The SMILES string of the molecule is CC1(c2ccccc2)Cc2c(c3c(ccc4ccccc43)oc2=O)O1. The zero-order valence-corrected chi connectivity index (χ0v) is 13.8. The molecular weight excluding hydrogens is 312 g/mol. The molecule has 0 spiro atoms. The maximum Gasteiger partial charge on any atom is 0.343 e. The molecule has 0 bridgehead atoms. The predicted molar refractivity (Wildman–Crippen MR) is 98.1 cm³/mol. The zero-order valence-electron chi connectivity index (χ0n) is 13.8. The molecule has 122 valence electrons. The third-order valence-corrected chi connectivity index (χ3v) is 5.07. The molecule has 1 aromatic heterocycles. The van der Waals surface area contributed by atoms with E-state index < -0.39 is 5.60 Å². The normalized spacial score (nSPS) is 19.1. The summed E-state index contributed by atoms with van der Waals surface area (Å²) >= 11 is 0. The molecule has 25 heavy (non-hydrogen) atoms. The zero-order chi connectivity index (χ0) is 17.0. The molecule has 1 aliphatic rings. The van der Waals surface area contributed by atoms with Gasteiger partial charge in [0.05, 0.1) is 10.9 Å². The van der Waals surface area contributed by atoms with Crippen LogP contribution in [-0.2, 0) is 12.0 Å². The highest BCUT2D eigenvalue weighted by atomic mass is 16.5. The number of fused-ring (bicyclic) bond motifs is 5. The van der Waals surface area contributed by atoms with E-state index in [2.05, 4.69) is 6.07 Å². The molecule has 1 aliphatic heterocycles. The Morgan fingerprint density at radius 1 is 0.920 bits per heavy atom. The van der Waals surface area contributed by atoms with Gasteiger partial charge in [0.2, 0.25) is 0 Å². The minimum absolute atomic E-state index is 0.308. The molecule has 0 fully saturated rings. The lowest BCUT2D eigenvalue weighted by Gasteiger charge is -2.24. The average molecular weight is 328 g/mol. The first-order chi connectivity index (χ1) is 12.2. The van der Waals surface area contributed by atoms with Crippen LogP contribution in [0.3, 0.4) is 0 Å². The van der Waals surface area contributed by atoms with E-state index in [0.717, 1.165) is 21.7 Å². The van der Waals surface area contributed by atoms with Crippen LogP contribution >= 0.6 is 0 Å². The molecule has 3 nitrogen and oxygen atoms in total. The molecule has 1 unspecified atom stereocenters. The molecule has 0 N–H and O–H groups in total. The number of hydrogen-bond donors (Lipinski definition) is 0. The minimum Gasteiger partial charge on any atom is -0.481 e. The van der Waals surface area contributed by atoms with Crippen LogP contribution in [0.2, 0.25) is 0 Å². The van der Waals surface area contributed by atoms with E-state index in [0.29, 0.717) is 23.3 Å². The van der Waals surface area contributed by atoms with Crippen LogP contribution in [0.15, 0.2) is 75.9 Å². The highest BCUT2D eigenvalue weighted by Gasteiger charge is 2.40. The van der Waals surface area contributed by atoms with Crippen LogP contribution in [0, 0.1) is 0 Å². The Hall–Kier alpha value is -3.07. The van der Waals surface area contributed by atoms with Gasteiger partial charge in [0.25, 0.3) is 0 Å². The van der Waals surface area contributed by atoms with Crippen molar-refractivity contribution in [2.45, 2.75) is 18.9 Å². The van der Waals surface area contributed by atoms with Crippen LogP contribution in [0.1, 0.15) is 18.1 Å². The highest BCUT2D eigenvalue weighted by molar-refractivity contribution is 6.09. The summed E-state index contributed by atoms with van der Waals surface area (Å²) in [6.07, 6.45) is 0.508. The van der Waals surface area contributed by atoms with Crippen LogP contribution in [0.5, 0.6) is 5.75 Å². The van der Waals surface area contributed by atoms with Crippen molar-refractivity contribution >= 4 is 21.7 Å². The maximum atomic E-state index is 12.5. The van der Waals surface area contributed by atoms with Gasteiger partial charge >= 0.3 is 5.63 Å². The van der Waals surface area contributed by atoms with Crippen molar-refractivity contribution in [3.63, 3.8) is 0 Å². The standard InChI is InChI=1S/C22H16O3/c1-22(15-8-3-2-4-9-15)13-17-20(25-22)19-16-10-6-5-7-14(16)11-12-18(19)24-21(17)23/h2-12H,13H2,1H3. The maximum absolute atomic E-state index is 12.5. The molecule has 2 heterocycles. The Kier molecular flexibility index (Phi) is 2.84.